The predicted octanol–water partition coefficient (Wildman–Crippen LogP) is 18.3. The molecule has 6 nitrogen and oxygen atoms in total. The van der Waals surface area contributed by atoms with Crippen LogP contribution in [0.1, 0.15) is 239 Å². The number of hydrogen-bond donors (Lipinski definition) is 0. The van der Waals surface area contributed by atoms with E-state index in [1.165, 1.54) is 103 Å². The molecule has 0 bridgehead atoms. The van der Waals surface area contributed by atoms with E-state index in [2.05, 4.69) is 124 Å². The van der Waals surface area contributed by atoms with Crippen LogP contribution in [0.25, 0.3) is 0 Å². The van der Waals surface area contributed by atoms with Crippen molar-refractivity contribution in [2.75, 3.05) is 13.2 Å². The van der Waals surface area contributed by atoms with Gasteiger partial charge in [0.25, 0.3) is 0 Å². The van der Waals surface area contributed by atoms with Gasteiger partial charge in [-0.1, -0.05) is 226 Å². The van der Waals surface area contributed by atoms with Crippen LogP contribution < -0.4 is 0 Å². The average Bonchev–Trinajstić information content (AvgIpc) is 3.33. The molecule has 0 aliphatic heterocycles. The molecule has 0 aromatic carbocycles. The summed E-state index contributed by atoms with van der Waals surface area (Å²) < 4.78 is 16.7. The molecule has 0 saturated carbocycles. The smallest absolute Gasteiger partial charge is 0.306 e. The fraction of sp³-hybridized carbons (Fsp3) is 0.656. The quantitative estimate of drug-likeness (QED) is 0.0199. The zero-order chi connectivity index (χ0) is 48.6. The highest BCUT2D eigenvalue weighted by Crippen LogP contribution is 2.14. The van der Waals surface area contributed by atoms with Crippen LogP contribution in [0.3, 0.4) is 0 Å². The van der Waals surface area contributed by atoms with Gasteiger partial charge in [0.1, 0.15) is 13.2 Å². The van der Waals surface area contributed by atoms with E-state index in [0.717, 1.165) is 89.9 Å². The SMILES string of the molecule is CC/C=C\C/C=C\C/C=C\C/C=C\C/C=C\C/C=C\CCC(=O)OCC(COC(=O)CCCCCCC/C=C\CCCC)OC(=O)CCCCCCCCCCCC/C=C\C=C/CCCCC. The van der Waals surface area contributed by atoms with E-state index in [0.29, 0.717) is 19.3 Å². The number of carbonyl (C=O) groups is 3. The molecule has 0 amide bonds. The molecule has 0 radical (unpaired) electrons. The molecule has 380 valence electrons. The first-order valence-electron chi connectivity index (χ1n) is 27.4. The third-order valence-corrected chi connectivity index (χ3v) is 11.3. The van der Waals surface area contributed by atoms with Crippen molar-refractivity contribution in [3.63, 3.8) is 0 Å². The maximum absolute atomic E-state index is 12.8. The zero-order valence-electron chi connectivity index (χ0n) is 43.4. The molecule has 0 aliphatic carbocycles. The van der Waals surface area contributed by atoms with E-state index in [4.69, 9.17) is 14.2 Å². The van der Waals surface area contributed by atoms with Gasteiger partial charge in [0.15, 0.2) is 6.10 Å². The average molecular weight is 929 g/mol. The number of hydrogen-bond acceptors (Lipinski definition) is 6. The van der Waals surface area contributed by atoms with Crippen LogP contribution in [-0.4, -0.2) is 37.2 Å². The maximum atomic E-state index is 12.8. The minimum Gasteiger partial charge on any atom is -0.462 e. The molecule has 0 N–H and O–H groups in total. The van der Waals surface area contributed by atoms with Gasteiger partial charge in [-0.3, -0.25) is 14.4 Å². The predicted molar refractivity (Wildman–Crippen MR) is 288 cm³/mol. The highest BCUT2D eigenvalue weighted by molar-refractivity contribution is 5.71. The topological polar surface area (TPSA) is 78.9 Å². The van der Waals surface area contributed by atoms with Crippen molar-refractivity contribution >= 4 is 17.9 Å². The molecule has 6 heteroatoms. The van der Waals surface area contributed by atoms with Crippen molar-refractivity contribution < 1.29 is 28.6 Å². The fourth-order valence-corrected chi connectivity index (χ4v) is 7.14. The Labute approximate surface area is 412 Å². The molecule has 0 aromatic heterocycles. The summed E-state index contributed by atoms with van der Waals surface area (Å²) in [7, 11) is 0. The normalized spacial score (nSPS) is 12.9. The van der Waals surface area contributed by atoms with Crippen LogP contribution in [0.15, 0.2) is 109 Å². The van der Waals surface area contributed by atoms with Crippen molar-refractivity contribution in [3.8, 4) is 0 Å². The monoisotopic (exact) mass is 929 g/mol. The molecule has 1 atom stereocenters. The molecule has 67 heavy (non-hydrogen) atoms. The van der Waals surface area contributed by atoms with Gasteiger partial charge < -0.3 is 14.2 Å². The van der Waals surface area contributed by atoms with Crippen LogP contribution in [-0.2, 0) is 28.6 Å². The van der Waals surface area contributed by atoms with Crippen LogP contribution >= 0.6 is 0 Å². The van der Waals surface area contributed by atoms with Gasteiger partial charge in [0.05, 0.1) is 0 Å². The number of rotatable bonds is 48. The van der Waals surface area contributed by atoms with Crippen molar-refractivity contribution in [1.82, 2.24) is 0 Å². The first kappa shape index (κ1) is 63.1. The summed E-state index contributed by atoms with van der Waals surface area (Å²) in [5.41, 5.74) is 0. The molecular weight excluding hydrogens is 829 g/mol. The van der Waals surface area contributed by atoms with Crippen molar-refractivity contribution in [2.24, 2.45) is 0 Å². The standard InChI is InChI=1S/C61H100O6/c1-4-7-10-13-16-19-22-24-26-28-30-32-34-36-39-42-45-48-51-54-60(63)66-57-58(56-65-59(62)53-50-47-44-41-38-21-18-15-12-9-6-3)67-61(64)55-52-49-46-43-40-37-35-33-31-29-27-25-23-20-17-14-11-8-5-2/h7,10,15-20,23-26,30,32,36,39,45,48,58H,4-6,8-9,11-14,21-22,27-29,31,33-35,37-38,40-44,46-47,49-57H2,1-3H3/b10-7-,18-15-,19-16-,20-17-,25-23-,26-24-,32-30-,39-36-,48-45-. The second-order valence-electron chi connectivity index (χ2n) is 17.8. The number of unbranched alkanes of at least 4 members (excludes halogenated alkanes) is 20. The van der Waals surface area contributed by atoms with Gasteiger partial charge in [0.2, 0.25) is 0 Å². The Morgan fingerprint density at radius 1 is 0.328 bits per heavy atom. The summed E-state index contributed by atoms with van der Waals surface area (Å²) in [5.74, 6) is -1.01. The van der Waals surface area contributed by atoms with E-state index in [9.17, 15) is 14.4 Å². The van der Waals surface area contributed by atoms with Gasteiger partial charge in [0, 0.05) is 19.3 Å². The Kier molecular flexibility index (Phi) is 51.5. The lowest BCUT2D eigenvalue weighted by atomic mass is 10.1. The largest absolute Gasteiger partial charge is 0.462 e. The van der Waals surface area contributed by atoms with Crippen LogP contribution in [0.5, 0.6) is 0 Å². The van der Waals surface area contributed by atoms with Crippen LogP contribution in [0.2, 0.25) is 0 Å². The molecule has 0 saturated heterocycles. The summed E-state index contributed by atoms with van der Waals surface area (Å²) >= 11 is 0. The Bertz CT molecular complexity index is 1390. The molecule has 0 fully saturated rings. The number of allylic oxidation sites excluding steroid dienone is 18. The van der Waals surface area contributed by atoms with E-state index in [1.54, 1.807) is 0 Å². The van der Waals surface area contributed by atoms with Gasteiger partial charge >= 0.3 is 17.9 Å². The Morgan fingerprint density at radius 2 is 0.672 bits per heavy atom. The maximum Gasteiger partial charge on any atom is 0.306 e. The molecule has 0 heterocycles. The summed E-state index contributed by atoms with van der Waals surface area (Å²) in [4.78, 5) is 38.0. The number of ether oxygens (including phenoxy) is 3. The first-order chi connectivity index (χ1) is 33.0. The molecule has 0 aromatic rings. The Hall–Kier alpha value is -3.93. The summed E-state index contributed by atoms with van der Waals surface area (Å²) in [6, 6.07) is 0. The van der Waals surface area contributed by atoms with Gasteiger partial charge in [-0.05, 0) is 103 Å². The molecule has 0 rings (SSSR count). The van der Waals surface area contributed by atoms with Crippen molar-refractivity contribution in [3.05, 3.63) is 109 Å². The highest BCUT2D eigenvalue weighted by atomic mass is 16.6. The summed E-state index contributed by atoms with van der Waals surface area (Å²) in [6.45, 7) is 6.38. The third kappa shape index (κ3) is 52.9. The lowest BCUT2D eigenvalue weighted by Gasteiger charge is -2.18. The molecule has 1 unspecified atom stereocenters. The lowest BCUT2D eigenvalue weighted by molar-refractivity contribution is -0.166. The molecule has 0 spiro atoms. The van der Waals surface area contributed by atoms with Crippen molar-refractivity contribution in [1.29, 1.82) is 0 Å². The van der Waals surface area contributed by atoms with E-state index >= 15 is 0 Å². The minimum absolute atomic E-state index is 0.109. The van der Waals surface area contributed by atoms with Gasteiger partial charge in [-0.15, -0.1) is 0 Å². The number of carbonyl (C=O) groups excluding carboxylic acids is 3. The highest BCUT2D eigenvalue weighted by Gasteiger charge is 2.19. The van der Waals surface area contributed by atoms with Crippen molar-refractivity contribution in [2.45, 2.75) is 245 Å². The second-order valence-corrected chi connectivity index (χ2v) is 17.8. The van der Waals surface area contributed by atoms with E-state index in [-0.39, 0.29) is 37.5 Å². The summed E-state index contributed by atoms with van der Waals surface area (Å²) in [5, 5.41) is 0. The van der Waals surface area contributed by atoms with E-state index in [1.807, 2.05) is 6.08 Å². The van der Waals surface area contributed by atoms with Gasteiger partial charge in [-0.2, -0.15) is 0 Å². The lowest BCUT2D eigenvalue weighted by Crippen LogP contribution is -2.30. The Balaban J connectivity index is 4.48. The molecule has 0 aliphatic rings. The second kappa shape index (κ2) is 54.7. The Morgan fingerprint density at radius 3 is 1.13 bits per heavy atom. The summed E-state index contributed by atoms with van der Waals surface area (Å²) in [6.07, 6.45) is 73.7. The van der Waals surface area contributed by atoms with E-state index < -0.39 is 6.10 Å². The zero-order valence-corrected chi connectivity index (χ0v) is 43.4. The fourth-order valence-electron chi connectivity index (χ4n) is 7.14. The van der Waals surface area contributed by atoms with Crippen LogP contribution in [0, 0.1) is 0 Å². The third-order valence-electron chi connectivity index (χ3n) is 11.3. The first-order valence-corrected chi connectivity index (χ1v) is 27.4. The van der Waals surface area contributed by atoms with Crippen LogP contribution in [0.4, 0.5) is 0 Å². The minimum atomic E-state index is -0.815. The number of esters is 3. The molecular formula is C61H100O6. The van der Waals surface area contributed by atoms with Gasteiger partial charge in [-0.25, -0.2) is 0 Å².